The summed E-state index contributed by atoms with van der Waals surface area (Å²) < 4.78 is 25.2. The van der Waals surface area contributed by atoms with Crippen molar-refractivity contribution in [1.29, 1.82) is 0 Å². The number of alkyl halides is 2. The summed E-state index contributed by atoms with van der Waals surface area (Å²) in [4.78, 5) is 7.70. The number of para-hydroxylation sites is 1. The normalized spacial score (nSPS) is 10.7. The molecule has 0 saturated heterocycles. The van der Waals surface area contributed by atoms with Crippen LogP contribution in [0.15, 0.2) is 30.3 Å². The number of anilines is 2. The predicted octanol–water partition coefficient (Wildman–Crippen LogP) is 4.12. The number of nitrogens with zero attached hydrogens (tertiary/aromatic N) is 2. The Hall–Kier alpha value is -1.75. The third-order valence-electron chi connectivity index (χ3n) is 2.22. The Morgan fingerprint density at radius 2 is 1.94 bits per heavy atom. The van der Waals surface area contributed by atoms with Crippen molar-refractivity contribution in [2.24, 2.45) is 0 Å². The lowest BCUT2D eigenvalue weighted by Crippen LogP contribution is -2.01. The molecule has 0 atom stereocenters. The van der Waals surface area contributed by atoms with E-state index >= 15 is 0 Å². The van der Waals surface area contributed by atoms with Crippen LogP contribution in [0.3, 0.4) is 0 Å². The van der Waals surface area contributed by atoms with Crippen molar-refractivity contribution >= 4 is 23.1 Å². The van der Waals surface area contributed by atoms with Crippen molar-refractivity contribution in [3.8, 4) is 0 Å². The molecule has 0 unspecified atom stereocenters. The molecule has 0 amide bonds. The van der Waals surface area contributed by atoms with Gasteiger partial charge in [0.2, 0.25) is 0 Å². The van der Waals surface area contributed by atoms with Gasteiger partial charge in [-0.05, 0) is 19.1 Å². The van der Waals surface area contributed by atoms with E-state index in [9.17, 15) is 8.78 Å². The van der Waals surface area contributed by atoms with Gasteiger partial charge < -0.3 is 5.32 Å². The second kappa shape index (κ2) is 5.27. The van der Waals surface area contributed by atoms with Gasteiger partial charge >= 0.3 is 0 Å². The highest BCUT2D eigenvalue weighted by molar-refractivity contribution is 6.33. The van der Waals surface area contributed by atoms with Crippen LogP contribution in [0.5, 0.6) is 0 Å². The summed E-state index contributed by atoms with van der Waals surface area (Å²) in [6.45, 7) is 1.56. The molecule has 94 valence electrons. The van der Waals surface area contributed by atoms with Crippen LogP contribution in [0.25, 0.3) is 0 Å². The highest BCUT2D eigenvalue weighted by atomic mass is 35.5. The number of hydrogen-bond acceptors (Lipinski definition) is 3. The van der Waals surface area contributed by atoms with Gasteiger partial charge in [-0.15, -0.1) is 0 Å². The zero-order valence-electron chi connectivity index (χ0n) is 9.49. The van der Waals surface area contributed by atoms with Crippen LogP contribution in [-0.4, -0.2) is 9.97 Å². The van der Waals surface area contributed by atoms with Crippen molar-refractivity contribution in [3.05, 3.63) is 46.9 Å². The Kier molecular flexibility index (Phi) is 3.72. The fourth-order valence-electron chi connectivity index (χ4n) is 1.47. The van der Waals surface area contributed by atoms with Crippen LogP contribution in [-0.2, 0) is 0 Å². The van der Waals surface area contributed by atoms with E-state index in [0.717, 1.165) is 0 Å². The van der Waals surface area contributed by atoms with Crippen molar-refractivity contribution in [1.82, 2.24) is 9.97 Å². The Balaban J connectivity index is 2.32. The van der Waals surface area contributed by atoms with E-state index in [1.807, 2.05) is 0 Å². The van der Waals surface area contributed by atoms with E-state index in [2.05, 4.69) is 15.3 Å². The Morgan fingerprint density at radius 3 is 2.61 bits per heavy atom. The molecular formula is C12H10ClF2N3. The van der Waals surface area contributed by atoms with E-state index in [1.54, 1.807) is 31.2 Å². The lowest BCUT2D eigenvalue weighted by atomic mass is 10.3. The second-order valence-electron chi connectivity index (χ2n) is 3.63. The van der Waals surface area contributed by atoms with E-state index in [0.29, 0.717) is 16.5 Å². The van der Waals surface area contributed by atoms with Gasteiger partial charge in [0.25, 0.3) is 6.43 Å². The van der Waals surface area contributed by atoms with E-state index in [1.165, 1.54) is 6.07 Å². The molecule has 0 aliphatic carbocycles. The highest BCUT2D eigenvalue weighted by Gasteiger charge is 2.12. The summed E-state index contributed by atoms with van der Waals surface area (Å²) in [5.41, 5.74) is 0.300. The summed E-state index contributed by atoms with van der Waals surface area (Å²) in [5.74, 6) is 0.577. The van der Waals surface area contributed by atoms with Crippen molar-refractivity contribution in [3.63, 3.8) is 0 Å². The molecule has 18 heavy (non-hydrogen) atoms. The molecule has 0 fully saturated rings. The number of aromatic nitrogens is 2. The number of benzene rings is 1. The molecule has 3 nitrogen and oxygen atoms in total. The number of rotatable bonds is 3. The number of hydrogen-bond donors (Lipinski definition) is 1. The third-order valence-corrected chi connectivity index (χ3v) is 2.55. The van der Waals surface area contributed by atoms with Gasteiger partial charge in [-0.1, -0.05) is 23.7 Å². The first-order chi connectivity index (χ1) is 8.56. The van der Waals surface area contributed by atoms with Crippen LogP contribution >= 0.6 is 11.6 Å². The molecule has 0 saturated carbocycles. The Labute approximate surface area is 108 Å². The van der Waals surface area contributed by atoms with Gasteiger partial charge in [0.05, 0.1) is 10.7 Å². The predicted molar refractivity (Wildman–Crippen MR) is 66.5 cm³/mol. The highest BCUT2D eigenvalue weighted by Crippen LogP contribution is 2.25. The maximum atomic E-state index is 12.6. The summed E-state index contributed by atoms with van der Waals surface area (Å²) in [5, 5.41) is 3.38. The number of aryl methyl sites for hydroxylation is 1. The van der Waals surface area contributed by atoms with Crippen LogP contribution in [0, 0.1) is 6.92 Å². The quantitative estimate of drug-likeness (QED) is 0.911. The van der Waals surface area contributed by atoms with Gasteiger partial charge in [0.1, 0.15) is 17.3 Å². The third kappa shape index (κ3) is 2.92. The van der Waals surface area contributed by atoms with Gasteiger partial charge in [-0.3, -0.25) is 0 Å². The lowest BCUT2D eigenvalue weighted by molar-refractivity contribution is 0.145. The van der Waals surface area contributed by atoms with Gasteiger partial charge in [-0.2, -0.15) is 0 Å². The maximum Gasteiger partial charge on any atom is 0.280 e. The minimum atomic E-state index is -2.63. The average molecular weight is 270 g/mol. The first-order valence-electron chi connectivity index (χ1n) is 5.21. The first kappa shape index (κ1) is 12.7. The number of halogens is 3. The second-order valence-corrected chi connectivity index (χ2v) is 4.04. The first-order valence-corrected chi connectivity index (χ1v) is 5.59. The SMILES string of the molecule is Cc1nc(Nc2ccccc2Cl)cc(C(F)F)n1. The molecule has 1 N–H and O–H groups in total. The zero-order chi connectivity index (χ0) is 13.1. The lowest BCUT2D eigenvalue weighted by Gasteiger charge is -2.09. The van der Waals surface area contributed by atoms with E-state index in [-0.39, 0.29) is 11.5 Å². The molecule has 1 aromatic heterocycles. The minimum absolute atomic E-state index is 0.280. The molecule has 0 bridgehead atoms. The Morgan fingerprint density at radius 1 is 1.22 bits per heavy atom. The standard InChI is InChI=1S/C12H10ClF2N3/c1-7-16-10(12(14)15)6-11(17-7)18-9-5-3-2-4-8(9)13/h2-6,12H,1H3,(H,16,17,18). The van der Waals surface area contributed by atoms with Crippen LogP contribution in [0.4, 0.5) is 20.3 Å². The van der Waals surface area contributed by atoms with Gasteiger partial charge in [-0.25, -0.2) is 18.7 Å². The summed E-state index contributed by atoms with van der Waals surface area (Å²) in [6, 6.07) is 8.22. The smallest absolute Gasteiger partial charge is 0.280 e. The van der Waals surface area contributed by atoms with Crippen LogP contribution in [0.1, 0.15) is 17.9 Å². The average Bonchev–Trinajstić information content (AvgIpc) is 2.31. The van der Waals surface area contributed by atoms with Crippen molar-refractivity contribution in [2.75, 3.05) is 5.32 Å². The molecule has 0 aliphatic rings. The van der Waals surface area contributed by atoms with E-state index < -0.39 is 6.43 Å². The van der Waals surface area contributed by atoms with Gasteiger partial charge in [0, 0.05) is 6.07 Å². The largest absolute Gasteiger partial charge is 0.339 e. The molecule has 2 rings (SSSR count). The summed E-state index contributed by atoms with van der Waals surface area (Å²) in [7, 11) is 0. The molecule has 0 aliphatic heterocycles. The van der Waals surface area contributed by atoms with Crippen molar-refractivity contribution < 1.29 is 8.78 Å². The maximum absolute atomic E-state index is 12.6. The topological polar surface area (TPSA) is 37.8 Å². The van der Waals surface area contributed by atoms with Crippen LogP contribution in [0.2, 0.25) is 5.02 Å². The summed E-state index contributed by atoms with van der Waals surface area (Å²) >= 11 is 5.96. The van der Waals surface area contributed by atoms with Crippen molar-refractivity contribution in [2.45, 2.75) is 13.3 Å². The number of nitrogens with one attached hydrogen (secondary N) is 1. The molecule has 2 aromatic rings. The molecule has 0 radical (unpaired) electrons. The molecule has 6 heteroatoms. The van der Waals surface area contributed by atoms with E-state index in [4.69, 9.17) is 11.6 Å². The molecule has 1 heterocycles. The van der Waals surface area contributed by atoms with Gasteiger partial charge in [0.15, 0.2) is 0 Å². The Bertz CT molecular complexity index is 561. The zero-order valence-corrected chi connectivity index (χ0v) is 10.2. The fraction of sp³-hybridized carbons (Fsp3) is 0.167. The minimum Gasteiger partial charge on any atom is -0.339 e. The summed E-state index contributed by atoms with van der Waals surface area (Å²) in [6.07, 6.45) is -2.63. The molecule has 0 spiro atoms. The van der Waals surface area contributed by atoms with Crippen LogP contribution < -0.4 is 5.32 Å². The molecule has 1 aromatic carbocycles. The monoisotopic (exact) mass is 269 g/mol. The fourth-order valence-corrected chi connectivity index (χ4v) is 1.65. The molecular weight excluding hydrogens is 260 g/mol.